The van der Waals surface area contributed by atoms with Gasteiger partial charge in [0.25, 0.3) is 21.8 Å². The maximum Gasteiger partial charge on any atom is 0.357 e. The number of nitrogens with one attached hydrogen (secondary N) is 2. The molecule has 0 saturated carbocycles. The molecular weight excluding hydrogens is 498 g/mol. The number of carbonyl (C=O) groups excluding carboxylic acids is 3. The van der Waals surface area contributed by atoms with Crippen molar-refractivity contribution in [2.45, 2.75) is 31.3 Å². The summed E-state index contributed by atoms with van der Waals surface area (Å²) in [4.78, 5) is 40.0. The Morgan fingerprint density at radius 1 is 0.946 bits per heavy atom. The topological polar surface area (TPSA) is 141 Å². The SMILES string of the molecule is CC(C)OC(=O)c1ccc(C(=O)NS(=O)(=O)c2ccc(CCNC(=O)COc3ccccc3)cc2)cn1. The smallest absolute Gasteiger partial charge is 0.357 e. The zero-order chi connectivity index (χ0) is 26.8. The molecule has 37 heavy (non-hydrogen) atoms. The van der Waals surface area contributed by atoms with Crippen molar-refractivity contribution >= 4 is 27.8 Å². The average Bonchev–Trinajstić information content (AvgIpc) is 2.88. The Bertz CT molecular complexity index is 1320. The van der Waals surface area contributed by atoms with E-state index in [1.54, 1.807) is 38.1 Å². The summed E-state index contributed by atoms with van der Waals surface area (Å²) in [7, 11) is -4.14. The van der Waals surface area contributed by atoms with Crippen LogP contribution >= 0.6 is 0 Å². The average molecular weight is 526 g/mol. The van der Waals surface area contributed by atoms with Crippen LogP contribution in [0.1, 0.15) is 40.3 Å². The van der Waals surface area contributed by atoms with Crippen molar-refractivity contribution in [1.82, 2.24) is 15.0 Å². The van der Waals surface area contributed by atoms with Crippen LogP contribution in [0.5, 0.6) is 5.75 Å². The van der Waals surface area contributed by atoms with Gasteiger partial charge in [-0.3, -0.25) is 9.59 Å². The first-order valence-electron chi connectivity index (χ1n) is 11.4. The Hall–Kier alpha value is -4.25. The second-order valence-corrected chi connectivity index (χ2v) is 9.85. The maximum atomic E-state index is 12.6. The molecule has 2 N–H and O–H groups in total. The van der Waals surface area contributed by atoms with E-state index in [0.717, 1.165) is 11.8 Å². The third-order valence-corrected chi connectivity index (χ3v) is 6.23. The molecule has 0 fully saturated rings. The molecule has 0 aliphatic heterocycles. The lowest BCUT2D eigenvalue weighted by molar-refractivity contribution is -0.123. The van der Waals surface area contributed by atoms with Crippen molar-refractivity contribution in [2.24, 2.45) is 0 Å². The van der Waals surface area contributed by atoms with E-state index in [2.05, 4.69) is 10.3 Å². The van der Waals surface area contributed by atoms with Crippen LogP contribution in [0.3, 0.4) is 0 Å². The highest BCUT2D eigenvalue weighted by Crippen LogP contribution is 2.13. The van der Waals surface area contributed by atoms with Gasteiger partial charge in [-0.05, 0) is 62.2 Å². The van der Waals surface area contributed by atoms with Gasteiger partial charge >= 0.3 is 5.97 Å². The second kappa shape index (κ2) is 12.6. The predicted octanol–water partition coefficient (Wildman–Crippen LogP) is 2.50. The van der Waals surface area contributed by atoms with Gasteiger partial charge in [0.1, 0.15) is 11.4 Å². The molecule has 1 aromatic heterocycles. The first-order valence-corrected chi connectivity index (χ1v) is 12.9. The molecule has 0 atom stereocenters. The molecule has 194 valence electrons. The quantitative estimate of drug-likeness (QED) is 0.364. The van der Waals surface area contributed by atoms with E-state index < -0.39 is 21.9 Å². The zero-order valence-corrected chi connectivity index (χ0v) is 21.2. The number of esters is 1. The molecular formula is C26H27N3O7S. The van der Waals surface area contributed by atoms with Crippen molar-refractivity contribution in [2.75, 3.05) is 13.2 Å². The lowest BCUT2D eigenvalue weighted by Gasteiger charge is -2.10. The minimum absolute atomic E-state index is 0.00334. The largest absolute Gasteiger partial charge is 0.484 e. The van der Waals surface area contributed by atoms with Crippen molar-refractivity contribution in [3.8, 4) is 5.75 Å². The van der Waals surface area contributed by atoms with Crippen LogP contribution in [-0.4, -0.2) is 50.4 Å². The van der Waals surface area contributed by atoms with E-state index in [9.17, 15) is 22.8 Å². The monoisotopic (exact) mass is 525 g/mol. The van der Waals surface area contributed by atoms with E-state index in [4.69, 9.17) is 9.47 Å². The molecule has 3 rings (SSSR count). The van der Waals surface area contributed by atoms with E-state index in [-0.39, 0.29) is 34.8 Å². The molecule has 2 aromatic carbocycles. The van der Waals surface area contributed by atoms with E-state index in [1.165, 1.54) is 24.3 Å². The van der Waals surface area contributed by atoms with Crippen LogP contribution in [0.25, 0.3) is 0 Å². The fraction of sp³-hybridized carbons (Fsp3) is 0.231. The number of hydrogen-bond donors (Lipinski definition) is 2. The number of carbonyl (C=O) groups is 3. The Labute approximate surface area is 215 Å². The Kier molecular flexibility index (Phi) is 9.33. The Morgan fingerprint density at radius 3 is 2.27 bits per heavy atom. The van der Waals surface area contributed by atoms with Crippen LogP contribution in [-0.2, 0) is 26.0 Å². The number of hydrogen-bond acceptors (Lipinski definition) is 8. The number of para-hydroxylation sites is 1. The fourth-order valence-corrected chi connectivity index (χ4v) is 4.04. The van der Waals surface area contributed by atoms with E-state index in [0.29, 0.717) is 18.7 Å². The van der Waals surface area contributed by atoms with Crippen LogP contribution < -0.4 is 14.8 Å². The Morgan fingerprint density at radius 2 is 1.65 bits per heavy atom. The summed E-state index contributed by atoms with van der Waals surface area (Å²) >= 11 is 0. The number of aromatic nitrogens is 1. The molecule has 0 bridgehead atoms. The first-order chi connectivity index (χ1) is 17.6. The van der Waals surface area contributed by atoms with Crippen molar-refractivity contribution in [3.63, 3.8) is 0 Å². The number of benzene rings is 2. The van der Waals surface area contributed by atoms with Crippen LogP contribution in [0.15, 0.2) is 77.8 Å². The molecule has 0 unspecified atom stereocenters. The van der Waals surface area contributed by atoms with Crippen LogP contribution in [0, 0.1) is 0 Å². The van der Waals surface area contributed by atoms with Gasteiger partial charge < -0.3 is 14.8 Å². The highest BCUT2D eigenvalue weighted by atomic mass is 32.2. The molecule has 0 aliphatic carbocycles. The number of nitrogens with zero attached hydrogens (tertiary/aromatic N) is 1. The zero-order valence-electron chi connectivity index (χ0n) is 20.3. The molecule has 11 heteroatoms. The predicted molar refractivity (Wildman–Crippen MR) is 135 cm³/mol. The van der Waals surface area contributed by atoms with Gasteiger partial charge in [-0.25, -0.2) is 22.9 Å². The molecule has 0 spiro atoms. The third kappa shape index (κ3) is 8.43. The lowest BCUT2D eigenvalue weighted by atomic mass is 10.1. The van der Waals surface area contributed by atoms with Gasteiger partial charge in [0, 0.05) is 12.7 Å². The van der Waals surface area contributed by atoms with E-state index in [1.807, 2.05) is 22.9 Å². The molecule has 3 aromatic rings. The molecule has 1 heterocycles. The Balaban J connectivity index is 1.49. The van der Waals surface area contributed by atoms with Gasteiger partial charge in [0.2, 0.25) is 0 Å². The van der Waals surface area contributed by atoms with Crippen LogP contribution in [0.4, 0.5) is 0 Å². The molecule has 0 radical (unpaired) electrons. The maximum absolute atomic E-state index is 12.6. The summed E-state index contributed by atoms with van der Waals surface area (Å²) in [5.41, 5.74) is 0.763. The number of ether oxygens (including phenoxy) is 2. The highest BCUT2D eigenvalue weighted by Gasteiger charge is 2.20. The standard InChI is InChI=1S/C26H27N3O7S/c1-18(2)36-26(32)23-13-10-20(16-28-23)25(31)29-37(33,34)22-11-8-19(9-12-22)14-15-27-24(30)17-35-21-6-4-3-5-7-21/h3-13,16,18H,14-15,17H2,1-2H3,(H,27,30)(H,29,31). The highest BCUT2D eigenvalue weighted by molar-refractivity contribution is 7.90. The summed E-state index contributed by atoms with van der Waals surface area (Å²) in [6.45, 7) is 3.62. The van der Waals surface area contributed by atoms with Crippen molar-refractivity contribution < 1.29 is 32.3 Å². The van der Waals surface area contributed by atoms with Crippen molar-refractivity contribution in [1.29, 1.82) is 0 Å². The molecule has 0 aliphatic rings. The fourth-order valence-electron chi connectivity index (χ4n) is 3.06. The minimum atomic E-state index is -4.14. The second-order valence-electron chi connectivity index (χ2n) is 8.17. The summed E-state index contributed by atoms with van der Waals surface area (Å²) in [6.07, 6.45) is 1.25. The van der Waals surface area contributed by atoms with Gasteiger partial charge in [0.05, 0.1) is 16.6 Å². The van der Waals surface area contributed by atoms with Gasteiger partial charge in [0.15, 0.2) is 6.61 Å². The van der Waals surface area contributed by atoms with Gasteiger partial charge in [-0.2, -0.15) is 0 Å². The normalized spacial score (nSPS) is 11.0. The minimum Gasteiger partial charge on any atom is -0.484 e. The van der Waals surface area contributed by atoms with Gasteiger partial charge in [-0.15, -0.1) is 0 Å². The lowest BCUT2D eigenvalue weighted by Crippen LogP contribution is -2.31. The first kappa shape index (κ1) is 27.3. The number of sulfonamides is 1. The summed E-state index contributed by atoms with van der Waals surface area (Å²) < 4.78 is 37.6. The summed E-state index contributed by atoms with van der Waals surface area (Å²) in [6, 6.07) is 17.5. The number of rotatable bonds is 11. The van der Waals surface area contributed by atoms with E-state index >= 15 is 0 Å². The van der Waals surface area contributed by atoms with Crippen LogP contribution in [0.2, 0.25) is 0 Å². The number of amides is 2. The van der Waals surface area contributed by atoms with Crippen molar-refractivity contribution in [3.05, 3.63) is 89.7 Å². The molecule has 0 saturated heterocycles. The third-order valence-electron chi connectivity index (χ3n) is 4.89. The molecule has 10 nitrogen and oxygen atoms in total. The summed E-state index contributed by atoms with van der Waals surface area (Å²) in [5, 5.41) is 2.74. The molecule has 2 amide bonds. The van der Waals surface area contributed by atoms with Gasteiger partial charge in [-0.1, -0.05) is 30.3 Å². The number of pyridine rings is 1. The summed E-state index contributed by atoms with van der Waals surface area (Å²) in [5.74, 6) is -1.21.